The van der Waals surface area contributed by atoms with Crippen LogP contribution in [0.15, 0.2) is 82.8 Å². The summed E-state index contributed by atoms with van der Waals surface area (Å²) in [6.45, 7) is 2.09. The molecule has 11 heteroatoms. The van der Waals surface area contributed by atoms with Crippen molar-refractivity contribution in [3.63, 3.8) is 0 Å². The Morgan fingerprint density at radius 3 is 2.49 bits per heavy atom. The number of hydrogen-bond donors (Lipinski definition) is 2. The third-order valence-electron chi connectivity index (χ3n) is 4.97. The largest absolute Gasteiger partial charge is 0.490 e. The molecule has 1 atom stereocenters. The van der Waals surface area contributed by atoms with E-state index < -0.39 is 22.0 Å². The summed E-state index contributed by atoms with van der Waals surface area (Å²) in [6, 6.07) is 21.2. The van der Waals surface area contributed by atoms with Gasteiger partial charge in [0.1, 0.15) is 12.1 Å². The molecule has 0 saturated carbocycles. The molecule has 0 spiro atoms. The van der Waals surface area contributed by atoms with Gasteiger partial charge in [-0.15, -0.1) is 0 Å². The number of nitriles is 1. The average molecular weight is 632 g/mol. The molecule has 3 rings (SSSR count). The van der Waals surface area contributed by atoms with E-state index in [2.05, 4.69) is 37.8 Å². The quantitative estimate of drug-likeness (QED) is 0.178. The number of rotatable bonds is 12. The Morgan fingerprint density at radius 1 is 1.08 bits per heavy atom. The summed E-state index contributed by atoms with van der Waals surface area (Å²) < 4.78 is 40.2. The molecule has 3 aromatic rings. The van der Waals surface area contributed by atoms with Gasteiger partial charge in [-0.2, -0.15) is 15.1 Å². The molecule has 1 amide bonds. The highest BCUT2D eigenvalue weighted by molar-refractivity contribution is 14.1. The second-order valence-corrected chi connectivity index (χ2v) is 10.6. The number of carbonyl (C=O) groups is 1. The minimum atomic E-state index is -3.96. The van der Waals surface area contributed by atoms with Crippen LogP contribution in [0.3, 0.4) is 0 Å². The topological polar surface area (TPSA) is 130 Å². The maximum atomic E-state index is 13.0. The van der Waals surface area contributed by atoms with Crippen molar-refractivity contribution in [2.45, 2.75) is 24.3 Å². The first-order valence-electron chi connectivity index (χ1n) is 11.2. The predicted octanol–water partition coefficient (Wildman–Crippen LogP) is 3.63. The predicted molar refractivity (Wildman–Crippen MR) is 148 cm³/mol. The molecule has 0 aliphatic carbocycles. The molecule has 0 aliphatic rings. The molecule has 0 fully saturated rings. The van der Waals surface area contributed by atoms with Crippen molar-refractivity contribution in [2.75, 3.05) is 13.2 Å². The Morgan fingerprint density at radius 2 is 1.81 bits per heavy atom. The maximum Gasteiger partial charge on any atom is 0.258 e. The number of nitrogens with one attached hydrogen (secondary N) is 2. The summed E-state index contributed by atoms with van der Waals surface area (Å²) in [5, 5.41) is 12.7. The number of nitrogens with zero attached hydrogens (tertiary/aromatic N) is 2. The fraction of sp³-hybridized carbons (Fsp3) is 0.192. The molecule has 0 aromatic heterocycles. The zero-order valence-corrected chi connectivity index (χ0v) is 22.9. The molecule has 192 valence electrons. The SMILES string of the molecule is CCOc1cc(/C=N\NC(=O)[C@H](Cc2ccccc2)NS(=O)(=O)c2ccc(I)cc2)ccc1OCC#N. The Labute approximate surface area is 229 Å². The minimum Gasteiger partial charge on any atom is -0.490 e. The van der Waals surface area contributed by atoms with Gasteiger partial charge < -0.3 is 9.47 Å². The Hall–Kier alpha value is -3.47. The highest BCUT2D eigenvalue weighted by Gasteiger charge is 2.26. The molecule has 0 aliphatic heterocycles. The van der Waals surface area contributed by atoms with Crippen LogP contribution < -0.4 is 19.6 Å². The molecule has 0 saturated heterocycles. The van der Waals surface area contributed by atoms with Crippen LogP contribution in [0.4, 0.5) is 0 Å². The fourth-order valence-corrected chi connectivity index (χ4v) is 4.81. The summed E-state index contributed by atoms with van der Waals surface area (Å²) in [4.78, 5) is 13.1. The molecule has 0 radical (unpaired) electrons. The van der Waals surface area contributed by atoms with Gasteiger partial charge in [0.25, 0.3) is 5.91 Å². The third-order valence-corrected chi connectivity index (χ3v) is 7.18. The molecule has 3 aromatic carbocycles. The summed E-state index contributed by atoms with van der Waals surface area (Å²) in [5.41, 5.74) is 3.81. The average Bonchev–Trinajstić information content (AvgIpc) is 2.88. The lowest BCUT2D eigenvalue weighted by atomic mass is 10.1. The van der Waals surface area contributed by atoms with Crippen LogP contribution in [0, 0.1) is 14.9 Å². The first-order chi connectivity index (χ1) is 17.8. The van der Waals surface area contributed by atoms with Gasteiger partial charge in [0.15, 0.2) is 18.1 Å². The van der Waals surface area contributed by atoms with Crippen LogP contribution in [-0.4, -0.2) is 39.8 Å². The van der Waals surface area contributed by atoms with Gasteiger partial charge in [0, 0.05) is 3.57 Å². The van der Waals surface area contributed by atoms with Gasteiger partial charge in [0.2, 0.25) is 10.0 Å². The molecule has 0 heterocycles. The summed E-state index contributed by atoms with van der Waals surface area (Å²) >= 11 is 2.09. The van der Waals surface area contributed by atoms with Gasteiger partial charge in [-0.25, -0.2) is 13.8 Å². The molecule has 37 heavy (non-hydrogen) atoms. The van der Waals surface area contributed by atoms with Crippen molar-refractivity contribution < 1.29 is 22.7 Å². The first-order valence-corrected chi connectivity index (χ1v) is 13.8. The van der Waals surface area contributed by atoms with Crippen molar-refractivity contribution in [3.05, 3.63) is 87.5 Å². The highest BCUT2D eigenvalue weighted by Crippen LogP contribution is 2.28. The normalized spacial score (nSPS) is 12.0. The number of ether oxygens (including phenoxy) is 2. The van der Waals surface area contributed by atoms with Crippen LogP contribution >= 0.6 is 22.6 Å². The summed E-state index contributed by atoms with van der Waals surface area (Å²) in [7, 11) is -3.96. The second kappa shape index (κ2) is 13.7. The van der Waals surface area contributed by atoms with Crippen molar-refractivity contribution >= 4 is 44.7 Å². The monoisotopic (exact) mass is 632 g/mol. The van der Waals surface area contributed by atoms with Crippen molar-refractivity contribution in [2.24, 2.45) is 5.10 Å². The fourth-order valence-electron chi connectivity index (χ4n) is 3.26. The smallest absolute Gasteiger partial charge is 0.258 e. The molecular weight excluding hydrogens is 607 g/mol. The zero-order chi connectivity index (χ0) is 26.7. The van der Waals surface area contributed by atoms with E-state index in [1.165, 1.54) is 18.3 Å². The van der Waals surface area contributed by atoms with Gasteiger partial charge in [-0.1, -0.05) is 30.3 Å². The lowest BCUT2D eigenvalue weighted by molar-refractivity contribution is -0.122. The van der Waals surface area contributed by atoms with Gasteiger partial charge in [-0.3, -0.25) is 4.79 Å². The Bertz CT molecular complexity index is 1370. The first kappa shape index (κ1) is 28.1. The molecule has 2 N–H and O–H groups in total. The Balaban J connectivity index is 1.77. The van der Waals surface area contributed by atoms with E-state index in [4.69, 9.17) is 14.7 Å². The number of sulfonamides is 1. The number of hydrazone groups is 1. The zero-order valence-electron chi connectivity index (χ0n) is 19.9. The van der Waals surface area contributed by atoms with Crippen molar-refractivity contribution in [3.8, 4) is 17.6 Å². The van der Waals surface area contributed by atoms with E-state index in [1.807, 2.05) is 43.3 Å². The van der Waals surface area contributed by atoms with Crippen LogP contribution in [0.25, 0.3) is 0 Å². The third kappa shape index (κ3) is 8.56. The minimum absolute atomic E-state index is 0.0597. The van der Waals surface area contributed by atoms with Crippen molar-refractivity contribution in [1.29, 1.82) is 5.26 Å². The Kier molecular flexibility index (Phi) is 10.4. The highest BCUT2D eigenvalue weighted by atomic mass is 127. The van der Waals surface area contributed by atoms with Crippen LogP contribution in [0.5, 0.6) is 11.5 Å². The van der Waals surface area contributed by atoms with Crippen LogP contribution in [0.2, 0.25) is 0 Å². The maximum absolute atomic E-state index is 13.0. The van der Waals surface area contributed by atoms with Gasteiger partial charge >= 0.3 is 0 Å². The van der Waals surface area contributed by atoms with Crippen LogP contribution in [-0.2, 0) is 21.2 Å². The number of amides is 1. The van der Waals surface area contributed by atoms with E-state index in [-0.39, 0.29) is 17.9 Å². The summed E-state index contributed by atoms with van der Waals surface area (Å²) in [5.74, 6) is 0.228. The van der Waals surface area contributed by atoms with Crippen LogP contribution in [0.1, 0.15) is 18.1 Å². The van der Waals surface area contributed by atoms with E-state index in [9.17, 15) is 13.2 Å². The van der Waals surface area contributed by atoms with E-state index in [0.717, 1.165) is 9.13 Å². The van der Waals surface area contributed by atoms with Crippen molar-refractivity contribution in [1.82, 2.24) is 10.1 Å². The molecule has 9 nitrogen and oxygen atoms in total. The summed E-state index contributed by atoms with van der Waals surface area (Å²) in [6.07, 6.45) is 1.53. The molecule has 0 bridgehead atoms. The molecular formula is C26H25IN4O5S. The second-order valence-electron chi connectivity index (χ2n) is 7.64. The van der Waals surface area contributed by atoms with Gasteiger partial charge in [0.05, 0.1) is 17.7 Å². The number of halogens is 1. The van der Waals surface area contributed by atoms with E-state index in [1.54, 1.807) is 30.3 Å². The number of hydrogen-bond acceptors (Lipinski definition) is 7. The number of carbonyl (C=O) groups excluding carboxylic acids is 1. The lowest BCUT2D eigenvalue weighted by Crippen LogP contribution is -2.46. The van der Waals surface area contributed by atoms with E-state index >= 15 is 0 Å². The standard InChI is InChI=1S/C26H25IN4O5S/c1-2-35-25-17-20(8-13-24(25)36-15-14-28)18-29-30-26(32)23(16-19-6-4-3-5-7-19)31-37(33,34)22-11-9-21(27)10-12-22/h3-13,17-18,23,31H,2,15-16H2,1H3,(H,30,32)/b29-18-/t23-/m0/s1. The van der Waals surface area contributed by atoms with Gasteiger partial charge in [-0.05, 0) is 89.5 Å². The van der Waals surface area contributed by atoms with E-state index in [0.29, 0.717) is 23.7 Å². The molecule has 0 unspecified atom stereocenters. The lowest BCUT2D eigenvalue weighted by Gasteiger charge is -2.17. The number of benzene rings is 3.